The lowest BCUT2D eigenvalue weighted by Gasteiger charge is -2.20. The van der Waals surface area contributed by atoms with Crippen LogP contribution in [-0.4, -0.2) is 44.8 Å². The number of nitrogens with one attached hydrogen (secondary N) is 1. The minimum absolute atomic E-state index is 0.0243. The highest BCUT2D eigenvalue weighted by Crippen LogP contribution is 2.38. The highest BCUT2D eigenvalue weighted by atomic mass is 19.1. The van der Waals surface area contributed by atoms with Crippen molar-refractivity contribution in [2.75, 3.05) is 18.0 Å². The van der Waals surface area contributed by atoms with Gasteiger partial charge in [-0.05, 0) is 31.0 Å². The van der Waals surface area contributed by atoms with Gasteiger partial charge in [-0.3, -0.25) is 20.1 Å². The Hall–Kier alpha value is -3.79. The molecule has 32 heavy (non-hydrogen) atoms. The molecule has 162 valence electrons. The van der Waals surface area contributed by atoms with Gasteiger partial charge < -0.3 is 14.6 Å². The molecule has 6 rings (SSSR count). The Morgan fingerprint density at radius 3 is 2.88 bits per heavy atom. The van der Waals surface area contributed by atoms with E-state index in [-0.39, 0.29) is 28.9 Å². The molecule has 0 bridgehead atoms. The van der Waals surface area contributed by atoms with E-state index < -0.39 is 17.2 Å². The van der Waals surface area contributed by atoms with E-state index in [1.165, 1.54) is 6.20 Å². The summed E-state index contributed by atoms with van der Waals surface area (Å²) in [5.41, 5.74) is 4.57. The molecule has 0 aromatic carbocycles. The number of nitrogens with zero attached hydrogens (tertiary/aromatic N) is 4. The molecule has 2 N–H and O–H groups in total. The topological polar surface area (TPSA) is 110 Å². The molecule has 0 spiro atoms. The third-order valence-corrected chi connectivity index (χ3v) is 6.09. The summed E-state index contributed by atoms with van der Waals surface area (Å²) in [6, 6.07) is 6.74. The van der Waals surface area contributed by atoms with E-state index in [1.807, 2.05) is 18.2 Å². The van der Waals surface area contributed by atoms with Crippen molar-refractivity contribution in [3.05, 3.63) is 69.5 Å². The third kappa shape index (κ3) is 2.87. The second kappa shape index (κ2) is 6.86. The molecule has 2 aliphatic heterocycles. The SMILES string of the molecule is O=C(O)c1cn(C2CC2)c2nc(N3CC4=C(c5ccccn5)NOC4C3)c(F)cc2c1=O. The molecule has 1 atom stereocenters. The van der Waals surface area contributed by atoms with Crippen molar-refractivity contribution in [3.63, 3.8) is 0 Å². The molecule has 2 fully saturated rings. The first-order chi connectivity index (χ1) is 15.5. The molecule has 0 amide bonds. The van der Waals surface area contributed by atoms with Crippen LogP contribution in [-0.2, 0) is 4.84 Å². The molecule has 3 aliphatic rings. The summed E-state index contributed by atoms with van der Waals surface area (Å²) in [7, 11) is 0. The van der Waals surface area contributed by atoms with Crippen LogP contribution in [0.1, 0.15) is 34.9 Å². The van der Waals surface area contributed by atoms with Crippen molar-refractivity contribution in [2.45, 2.75) is 25.0 Å². The Balaban J connectivity index is 1.45. The van der Waals surface area contributed by atoms with Gasteiger partial charge in [0, 0.05) is 30.6 Å². The standard InChI is InChI=1S/C22H18FN5O4/c23-15-7-12-19(29)14(22(30)31)9-28(11-4-5-11)20(12)25-21(15)27-8-13-17(10-27)32-26-18(13)16-3-1-2-6-24-16/h1-3,6-7,9,11,17,26H,4-5,8,10H2,(H,30,31). The summed E-state index contributed by atoms with van der Waals surface area (Å²) in [5, 5.41) is 9.37. The average Bonchev–Trinajstić information content (AvgIpc) is 3.42. The van der Waals surface area contributed by atoms with Gasteiger partial charge in [-0.25, -0.2) is 14.2 Å². The van der Waals surface area contributed by atoms with Crippen molar-refractivity contribution in [1.82, 2.24) is 20.0 Å². The summed E-state index contributed by atoms with van der Waals surface area (Å²) in [6.45, 7) is 0.773. The van der Waals surface area contributed by atoms with E-state index >= 15 is 4.39 Å². The second-order valence-electron chi connectivity index (χ2n) is 8.18. The van der Waals surface area contributed by atoms with Crippen LogP contribution in [0, 0.1) is 5.82 Å². The maximum absolute atomic E-state index is 15.1. The number of aromatic carboxylic acids is 1. The van der Waals surface area contributed by atoms with Crippen LogP contribution in [0.5, 0.6) is 0 Å². The summed E-state index contributed by atoms with van der Waals surface area (Å²) in [4.78, 5) is 40.5. The fraction of sp³-hybridized carbons (Fsp3) is 0.273. The third-order valence-electron chi connectivity index (χ3n) is 6.09. The van der Waals surface area contributed by atoms with Crippen LogP contribution in [0.3, 0.4) is 0 Å². The molecule has 5 heterocycles. The number of hydrogen-bond acceptors (Lipinski definition) is 7. The van der Waals surface area contributed by atoms with E-state index in [1.54, 1.807) is 15.7 Å². The number of hydrogen-bond donors (Lipinski definition) is 2. The fourth-order valence-electron chi connectivity index (χ4n) is 4.36. The summed E-state index contributed by atoms with van der Waals surface area (Å²) < 4.78 is 16.8. The lowest BCUT2D eigenvalue weighted by atomic mass is 10.1. The van der Waals surface area contributed by atoms with Crippen LogP contribution in [0.15, 0.2) is 47.0 Å². The Kier molecular flexibility index (Phi) is 4.06. The van der Waals surface area contributed by atoms with E-state index in [2.05, 4.69) is 15.4 Å². The number of carboxylic acids is 1. The normalized spacial score (nSPS) is 20.0. The molecule has 0 radical (unpaired) electrons. The fourth-order valence-corrected chi connectivity index (χ4v) is 4.36. The van der Waals surface area contributed by atoms with Crippen LogP contribution < -0.4 is 15.8 Å². The highest BCUT2D eigenvalue weighted by Gasteiger charge is 2.38. The Morgan fingerprint density at radius 2 is 2.16 bits per heavy atom. The Bertz CT molecular complexity index is 1370. The van der Waals surface area contributed by atoms with E-state index in [9.17, 15) is 14.7 Å². The van der Waals surface area contributed by atoms with Crippen molar-refractivity contribution < 1.29 is 19.1 Å². The van der Waals surface area contributed by atoms with Gasteiger partial charge in [0.15, 0.2) is 11.6 Å². The van der Waals surface area contributed by atoms with Crippen LogP contribution in [0.2, 0.25) is 0 Å². The maximum Gasteiger partial charge on any atom is 0.341 e. The van der Waals surface area contributed by atoms with Crippen molar-refractivity contribution in [2.24, 2.45) is 0 Å². The smallest absolute Gasteiger partial charge is 0.341 e. The first-order valence-electron chi connectivity index (χ1n) is 10.3. The van der Waals surface area contributed by atoms with Crippen LogP contribution in [0.4, 0.5) is 10.2 Å². The van der Waals surface area contributed by atoms with E-state index in [4.69, 9.17) is 4.84 Å². The van der Waals surface area contributed by atoms with Gasteiger partial charge in [-0.15, -0.1) is 0 Å². The van der Waals surface area contributed by atoms with Gasteiger partial charge in [0.1, 0.15) is 17.3 Å². The quantitative estimate of drug-likeness (QED) is 0.641. The number of pyridine rings is 3. The molecular formula is C22H18FN5O4. The first-order valence-corrected chi connectivity index (χ1v) is 10.3. The molecular weight excluding hydrogens is 417 g/mol. The van der Waals surface area contributed by atoms with Gasteiger partial charge in [0.25, 0.3) is 0 Å². The molecule has 1 saturated heterocycles. The number of carboxylic acid groups (broad SMARTS) is 1. The number of hydroxylamine groups is 1. The number of rotatable bonds is 4. The van der Waals surface area contributed by atoms with Crippen LogP contribution >= 0.6 is 0 Å². The van der Waals surface area contributed by atoms with Crippen molar-refractivity contribution in [3.8, 4) is 0 Å². The van der Waals surface area contributed by atoms with Gasteiger partial charge in [0.2, 0.25) is 5.43 Å². The average molecular weight is 435 g/mol. The van der Waals surface area contributed by atoms with Crippen molar-refractivity contribution in [1.29, 1.82) is 0 Å². The molecule has 1 aliphatic carbocycles. The maximum atomic E-state index is 15.1. The van der Waals surface area contributed by atoms with Gasteiger partial charge in [-0.2, -0.15) is 0 Å². The second-order valence-corrected chi connectivity index (χ2v) is 8.18. The largest absolute Gasteiger partial charge is 0.477 e. The number of fused-ring (bicyclic) bond motifs is 2. The summed E-state index contributed by atoms with van der Waals surface area (Å²) >= 11 is 0. The van der Waals surface area contributed by atoms with Crippen LogP contribution in [0.25, 0.3) is 16.7 Å². The zero-order valence-electron chi connectivity index (χ0n) is 16.8. The van der Waals surface area contributed by atoms with E-state index in [0.717, 1.165) is 35.9 Å². The molecule has 10 heteroatoms. The van der Waals surface area contributed by atoms with Crippen molar-refractivity contribution >= 4 is 28.5 Å². The predicted octanol–water partition coefficient (Wildman–Crippen LogP) is 2.10. The number of anilines is 1. The monoisotopic (exact) mass is 435 g/mol. The van der Waals surface area contributed by atoms with Gasteiger partial charge >= 0.3 is 5.97 Å². The Labute approximate surface area is 180 Å². The van der Waals surface area contributed by atoms with Gasteiger partial charge in [-0.1, -0.05) is 6.07 Å². The lowest BCUT2D eigenvalue weighted by Crippen LogP contribution is -2.27. The molecule has 3 aromatic heterocycles. The number of halogens is 1. The molecule has 9 nitrogen and oxygen atoms in total. The lowest BCUT2D eigenvalue weighted by molar-refractivity contribution is 0.0577. The number of aromatic nitrogens is 3. The zero-order valence-corrected chi connectivity index (χ0v) is 16.8. The minimum Gasteiger partial charge on any atom is -0.477 e. The molecule has 1 saturated carbocycles. The minimum atomic E-state index is -1.33. The number of carbonyl (C=O) groups is 1. The van der Waals surface area contributed by atoms with E-state index in [0.29, 0.717) is 18.7 Å². The molecule has 3 aromatic rings. The Morgan fingerprint density at radius 1 is 1.31 bits per heavy atom. The first kappa shape index (κ1) is 18.9. The summed E-state index contributed by atoms with van der Waals surface area (Å²) in [6.07, 6.45) is 4.46. The predicted molar refractivity (Wildman–Crippen MR) is 113 cm³/mol. The highest BCUT2D eigenvalue weighted by molar-refractivity contribution is 5.92. The van der Waals surface area contributed by atoms with Gasteiger partial charge in [0.05, 0.1) is 23.3 Å². The summed E-state index contributed by atoms with van der Waals surface area (Å²) in [5.74, 6) is -1.89. The zero-order chi connectivity index (χ0) is 22.0. The molecule has 1 unspecified atom stereocenters.